The zero-order valence-corrected chi connectivity index (χ0v) is 51.1. The van der Waals surface area contributed by atoms with E-state index < -0.39 is 0 Å². The number of nitrogens with zero attached hydrogens (tertiary/aromatic N) is 2. The summed E-state index contributed by atoms with van der Waals surface area (Å²) < 4.78 is 3.77. The third-order valence-electron chi connectivity index (χ3n) is 18.3. The average molecular weight is 1050 g/mol. The predicted octanol–water partition coefficient (Wildman–Crippen LogP) is 23.4. The molecular formula is C72H124N2O2. The largest absolute Gasteiger partial charge is 0.283 e. The Labute approximate surface area is 470 Å². The first-order valence-corrected chi connectivity index (χ1v) is 34.5. The van der Waals surface area contributed by atoms with E-state index in [0.717, 1.165) is 59.7 Å². The highest BCUT2D eigenvalue weighted by Gasteiger charge is 2.22. The standard InChI is InChI=1S/C72H124N2O2/c1-5-9-13-17-21-25-29-33-37-41-51-63(52-42-38-34-30-26-22-18-14-10-6-2)55-45-47-57-65-67-59-49-61-73(67)72(76)70-66(68-60-50-62-74(68)71(75)69(65)70)58-48-46-56-64(53-43-39-35-31-27-23-19-15-11-7-3)54-44-40-36-32-28-24-20-16-12-8-4/h49-50,59-64H,5-48,51-58H2,1-4H3. The van der Waals surface area contributed by atoms with Crippen molar-refractivity contribution in [3.05, 3.63) is 68.5 Å². The highest BCUT2D eigenvalue weighted by Crippen LogP contribution is 2.31. The number of fused-ring (bicyclic) bond motifs is 3. The second kappa shape index (κ2) is 44.2. The van der Waals surface area contributed by atoms with Crippen molar-refractivity contribution in [2.75, 3.05) is 0 Å². The second-order valence-electron chi connectivity index (χ2n) is 25.0. The molecule has 434 valence electrons. The van der Waals surface area contributed by atoms with E-state index >= 15 is 0 Å². The minimum atomic E-state index is 0.00222. The van der Waals surface area contributed by atoms with Gasteiger partial charge in [0.25, 0.3) is 11.1 Å². The average Bonchev–Trinajstić information content (AvgIpc) is 4.19. The molecule has 0 aliphatic rings. The van der Waals surface area contributed by atoms with Crippen LogP contribution in [0.25, 0.3) is 21.8 Å². The minimum Gasteiger partial charge on any atom is -0.283 e. The van der Waals surface area contributed by atoms with Gasteiger partial charge in [0.1, 0.15) is 0 Å². The molecule has 0 spiro atoms. The third kappa shape index (κ3) is 26.6. The van der Waals surface area contributed by atoms with Gasteiger partial charge in [-0.05, 0) is 72.9 Å². The lowest BCUT2D eigenvalue weighted by atomic mass is 9.88. The number of hydrogen-bond acceptors (Lipinski definition) is 2. The molecule has 76 heavy (non-hydrogen) atoms. The minimum absolute atomic E-state index is 0.00222. The normalized spacial score (nSPS) is 12.1. The zero-order valence-electron chi connectivity index (χ0n) is 51.1. The first kappa shape index (κ1) is 65.9. The molecule has 4 aromatic rings. The molecule has 0 amide bonds. The van der Waals surface area contributed by atoms with Crippen molar-refractivity contribution >= 4 is 21.8 Å². The zero-order chi connectivity index (χ0) is 53.9. The second-order valence-corrected chi connectivity index (χ2v) is 25.0. The van der Waals surface area contributed by atoms with Gasteiger partial charge in [0.15, 0.2) is 0 Å². The molecule has 0 aliphatic carbocycles. The summed E-state index contributed by atoms with van der Waals surface area (Å²) in [6, 6.07) is 8.23. The van der Waals surface area contributed by atoms with E-state index in [1.165, 1.54) is 308 Å². The third-order valence-corrected chi connectivity index (χ3v) is 18.3. The first-order valence-electron chi connectivity index (χ1n) is 34.5. The molecule has 0 saturated heterocycles. The van der Waals surface area contributed by atoms with Crippen molar-refractivity contribution < 1.29 is 0 Å². The fourth-order valence-electron chi connectivity index (χ4n) is 13.4. The maximum Gasteiger partial charge on any atom is 0.263 e. The van der Waals surface area contributed by atoms with Crippen LogP contribution < -0.4 is 11.1 Å². The van der Waals surface area contributed by atoms with Crippen molar-refractivity contribution in [1.29, 1.82) is 0 Å². The predicted molar refractivity (Wildman–Crippen MR) is 338 cm³/mol. The Morgan fingerprint density at radius 2 is 0.500 bits per heavy atom. The molecule has 0 fully saturated rings. The summed E-state index contributed by atoms with van der Waals surface area (Å²) in [6.07, 6.45) is 74.3. The van der Waals surface area contributed by atoms with E-state index in [0.29, 0.717) is 10.8 Å². The molecule has 0 saturated carbocycles. The summed E-state index contributed by atoms with van der Waals surface area (Å²) in [5, 5.41) is 1.42. The van der Waals surface area contributed by atoms with Gasteiger partial charge in [-0.15, -0.1) is 0 Å². The Bertz CT molecular complexity index is 1880. The van der Waals surface area contributed by atoms with Crippen molar-refractivity contribution in [3.8, 4) is 0 Å². The van der Waals surface area contributed by atoms with E-state index in [2.05, 4.69) is 39.8 Å². The van der Waals surface area contributed by atoms with Crippen LogP contribution in [0.4, 0.5) is 0 Å². The van der Waals surface area contributed by atoms with Crippen molar-refractivity contribution in [2.24, 2.45) is 11.8 Å². The topological polar surface area (TPSA) is 43.0 Å². The molecule has 4 rings (SSSR count). The van der Waals surface area contributed by atoms with Gasteiger partial charge >= 0.3 is 0 Å². The van der Waals surface area contributed by atoms with Crippen LogP contribution in [-0.4, -0.2) is 8.80 Å². The molecule has 4 aromatic heterocycles. The highest BCUT2D eigenvalue weighted by molar-refractivity contribution is 5.95. The van der Waals surface area contributed by atoms with Crippen LogP contribution in [0.3, 0.4) is 0 Å². The molecule has 4 heteroatoms. The molecule has 0 radical (unpaired) electrons. The van der Waals surface area contributed by atoms with Gasteiger partial charge in [-0.1, -0.05) is 336 Å². The monoisotopic (exact) mass is 1050 g/mol. The van der Waals surface area contributed by atoms with Gasteiger partial charge < -0.3 is 0 Å². The first-order chi connectivity index (χ1) is 37.5. The van der Waals surface area contributed by atoms with Gasteiger partial charge in [0.2, 0.25) is 0 Å². The summed E-state index contributed by atoms with van der Waals surface area (Å²) in [4.78, 5) is 29.3. The smallest absolute Gasteiger partial charge is 0.263 e. The van der Waals surface area contributed by atoms with Gasteiger partial charge in [0, 0.05) is 12.4 Å². The summed E-state index contributed by atoms with van der Waals surface area (Å²) >= 11 is 0. The summed E-state index contributed by atoms with van der Waals surface area (Å²) in [7, 11) is 0. The molecule has 0 unspecified atom stereocenters. The highest BCUT2D eigenvalue weighted by atomic mass is 16.1. The van der Waals surface area contributed by atoms with E-state index in [9.17, 15) is 9.59 Å². The molecular weight excluding hydrogens is 925 g/mol. The van der Waals surface area contributed by atoms with Gasteiger partial charge in [0.05, 0.1) is 21.8 Å². The molecule has 0 aliphatic heterocycles. The lowest BCUT2D eigenvalue weighted by Gasteiger charge is -2.18. The van der Waals surface area contributed by atoms with Crippen molar-refractivity contribution in [2.45, 2.75) is 362 Å². The molecule has 0 bridgehead atoms. The number of unbranched alkanes of at least 4 members (excludes halogenated alkanes) is 38. The number of aromatic nitrogens is 2. The number of rotatable bonds is 54. The van der Waals surface area contributed by atoms with E-state index in [-0.39, 0.29) is 11.1 Å². The van der Waals surface area contributed by atoms with E-state index in [1.807, 2.05) is 33.3 Å². The van der Waals surface area contributed by atoms with Crippen LogP contribution in [0.15, 0.2) is 46.2 Å². The fraction of sp³-hybridized carbons (Fsp3) is 0.806. The van der Waals surface area contributed by atoms with Gasteiger partial charge in [-0.25, -0.2) is 0 Å². The number of hydrogen-bond donors (Lipinski definition) is 0. The number of pyridine rings is 2. The summed E-state index contributed by atoms with van der Waals surface area (Å²) in [5.41, 5.74) is 4.11. The lowest BCUT2D eigenvalue weighted by Crippen LogP contribution is -2.24. The van der Waals surface area contributed by atoms with Crippen molar-refractivity contribution in [3.63, 3.8) is 0 Å². The quantitative estimate of drug-likeness (QED) is 0.0414. The van der Waals surface area contributed by atoms with Crippen LogP contribution >= 0.6 is 0 Å². The maximum atomic E-state index is 14.6. The number of aryl methyl sites for hydroxylation is 2. The molecule has 4 heterocycles. The Balaban J connectivity index is 1.37. The van der Waals surface area contributed by atoms with Crippen LogP contribution in [-0.2, 0) is 12.8 Å². The van der Waals surface area contributed by atoms with Crippen LogP contribution in [0, 0.1) is 11.8 Å². The molecule has 0 atom stereocenters. The summed E-state index contributed by atoms with van der Waals surface area (Å²) in [5.74, 6) is 1.62. The molecule has 0 aromatic carbocycles. The molecule has 4 nitrogen and oxygen atoms in total. The fourth-order valence-corrected chi connectivity index (χ4v) is 13.4. The van der Waals surface area contributed by atoms with Crippen molar-refractivity contribution in [1.82, 2.24) is 8.80 Å². The Kier molecular flexibility index (Phi) is 38.3. The Morgan fingerprint density at radius 1 is 0.289 bits per heavy atom. The van der Waals surface area contributed by atoms with Crippen LogP contribution in [0.5, 0.6) is 0 Å². The molecule has 0 N–H and O–H groups in total. The van der Waals surface area contributed by atoms with Gasteiger partial charge in [-0.2, -0.15) is 0 Å². The van der Waals surface area contributed by atoms with E-state index in [1.54, 1.807) is 0 Å². The Hall–Kier alpha value is -2.62. The van der Waals surface area contributed by atoms with Crippen LogP contribution in [0.2, 0.25) is 0 Å². The Morgan fingerprint density at radius 3 is 0.737 bits per heavy atom. The van der Waals surface area contributed by atoms with Gasteiger partial charge in [-0.3, -0.25) is 18.4 Å². The lowest BCUT2D eigenvalue weighted by molar-refractivity contribution is 0.368. The maximum absolute atomic E-state index is 14.6. The SMILES string of the molecule is CCCCCCCCCCCCC(CCCCCCCCCCCC)CCCCc1c2c(=O)n3cccc3c(CCCCC(CCCCCCCCCCCC)CCCCCCCCCCCC)c2c(=O)n2cccc12. The summed E-state index contributed by atoms with van der Waals surface area (Å²) in [6.45, 7) is 9.25. The van der Waals surface area contributed by atoms with Crippen LogP contribution in [0.1, 0.15) is 360 Å². The van der Waals surface area contributed by atoms with E-state index in [4.69, 9.17) is 0 Å².